The highest BCUT2D eigenvalue weighted by Gasteiger charge is 2.17. The van der Waals surface area contributed by atoms with Crippen molar-refractivity contribution in [2.45, 2.75) is 26.2 Å². The smallest absolute Gasteiger partial charge is 0.339 e. The number of rotatable bonds is 5. The Morgan fingerprint density at radius 2 is 2.17 bits per heavy atom. The zero-order chi connectivity index (χ0) is 9.56. The molecule has 0 saturated carbocycles. The van der Waals surface area contributed by atoms with Crippen LogP contribution in [0.2, 0.25) is 0 Å². The normalized spacial score (nSPS) is 10.0. The summed E-state index contributed by atoms with van der Waals surface area (Å²) in [5, 5.41) is 0. The average molecular weight is 178 g/mol. The Morgan fingerprint density at radius 3 is 2.58 bits per heavy atom. The fraction of sp³-hybridized carbons (Fsp3) is 0.625. The summed E-state index contributed by atoms with van der Waals surface area (Å²) < 4.78 is 28.1. The third-order valence-corrected chi connectivity index (χ3v) is 1.26. The van der Waals surface area contributed by atoms with Crippen LogP contribution in [-0.2, 0) is 9.53 Å². The first-order chi connectivity index (χ1) is 5.59. The number of halogens is 2. The Kier molecular flexibility index (Phi) is 5.25. The lowest BCUT2D eigenvalue weighted by Crippen LogP contribution is -2.13. The summed E-state index contributed by atoms with van der Waals surface area (Å²) in [6, 6.07) is 0. The number of alkyl halides is 2. The van der Waals surface area contributed by atoms with Crippen molar-refractivity contribution in [3.8, 4) is 0 Å². The fourth-order valence-corrected chi connectivity index (χ4v) is 0.491. The first-order valence-corrected chi connectivity index (χ1v) is 3.73. The molecule has 4 heteroatoms. The molecule has 0 aromatic rings. The van der Waals surface area contributed by atoms with Crippen LogP contribution in [0.1, 0.15) is 19.8 Å². The van der Waals surface area contributed by atoms with Crippen molar-refractivity contribution < 1.29 is 18.3 Å². The third-order valence-electron chi connectivity index (χ3n) is 1.26. The Labute approximate surface area is 70.2 Å². The van der Waals surface area contributed by atoms with E-state index in [9.17, 15) is 13.6 Å². The van der Waals surface area contributed by atoms with E-state index in [0.717, 1.165) is 6.42 Å². The van der Waals surface area contributed by atoms with E-state index < -0.39 is 18.0 Å². The second-order valence-corrected chi connectivity index (χ2v) is 2.32. The summed E-state index contributed by atoms with van der Waals surface area (Å²) in [6.45, 7) is 5.00. The molecule has 0 aromatic heterocycles. The first-order valence-electron chi connectivity index (χ1n) is 3.73. The van der Waals surface area contributed by atoms with Gasteiger partial charge < -0.3 is 4.74 Å². The van der Waals surface area contributed by atoms with Gasteiger partial charge in [0.05, 0.1) is 12.2 Å². The predicted octanol–water partition coefficient (Wildman–Crippen LogP) is 2.15. The van der Waals surface area contributed by atoms with Crippen molar-refractivity contribution in [1.82, 2.24) is 0 Å². The maximum Gasteiger partial charge on any atom is 0.339 e. The lowest BCUT2D eigenvalue weighted by Gasteiger charge is -2.04. The Bertz CT molecular complexity index is 166. The van der Waals surface area contributed by atoms with Crippen LogP contribution < -0.4 is 0 Å². The highest BCUT2D eigenvalue weighted by Crippen LogP contribution is 2.07. The van der Waals surface area contributed by atoms with Crippen molar-refractivity contribution in [2.24, 2.45) is 0 Å². The van der Waals surface area contributed by atoms with Crippen LogP contribution in [-0.4, -0.2) is 19.0 Å². The summed E-state index contributed by atoms with van der Waals surface area (Å²) in [4.78, 5) is 10.7. The fourth-order valence-electron chi connectivity index (χ4n) is 0.491. The molecule has 70 valence electrons. The minimum absolute atomic E-state index is 0.182. The van der Waals surface area contributed by atoms with E-state index in [1.54, 1.807) is 0 Å². The van der Waals surface area contributed by atoms with Gasteiger partial charge in [0.2, 0.25) is 0 Å². The largest absolute Gasteiger partial charge is 0.462 e. The van der Waals surface area contributed by atoms with E-state index in [2.05, 4.69) is 11.3 Å². The van der Waals surface area contributed by atoms with Crippen LogP contribution >= 0.6 is 0 Å². The van der Waals surface area contributed by atoms with Crippen molar-refractivity contribution in [2.75, 3.05) is 6.61 Å². The Morgan fingerprint density at radius 1 is 1.58 bits per heavy atom. The van der Waals surface area contributed by atoms with Crippen LogP contribution in [0.25, 0.3) is 0 Å². The number of carbonyl (C=O) groups excluding carboxylic acids is 1. The molecule has 0 fully saturated rings. The minimum Gasteiger partial charge on any atom is -0.462 e. The van der Waals surface area contributed by atoms with Gasteiger partial charge in [-0.3, -0.25) is 0 Å². The topological polar surface area (TPSA) is 26.3 Å². The van der Waals surface area contributed by atoms with Gasteiger partial charge in [-0.15, -0.1) is 0 Å². The number of carbonyl (C=O) groups is 1. The van der Waals surface area contributed by atoms with Crippen molar-refractivity contribution in [3.63, 3.8) is 0 Å². The number of hydrogen-bond donors (Lipinski definition) is 0. The molecule has 0 heterocycles. The van der Waals surface area contributed by atoms with E-state index in [0.29, 0.717) is 6.42 Å². The maximum atomic E-state index is 11.8. The van der Waals surface area contributed by atoms with Crippen LogP contribution in [0.3, 0.4) is 0 Å². The van der Waals surface area contributed by atoms with E-state index >= 15 is 0 Å². The molecule has 0 unspecified atom stereocenters. The minimum atomic E-state index is -2.82. The summed E-state index contributed by atoms with van der Waals surface area (Å²) in [7, 11) is 0. The molecule has 0 radical (unpaired) electrons. The van der Waals surface area contributed by atoms with Gasteiger partial charge in [-0.05, 0) is 6.42 Å². The van der Waals surface area contributed by atoms with Gasteiger partial charge in [-0.1, -0.05) is 19.9 Å². The number of ether oxygens (including phenoxy) is 1. The second-order valence-electron chi connectivity index (χ2n) is 2.32. The molecule has 0 saturated heterocycles. The standard InChI is InChI=1S/C8H12F2O2/c1-3-4-5-12-8(11)6(2)7(9)10/h7H,2-5H2,1H3. The van der Waals surface area contributed by atoms with Crippen molar-refractivity contribution >= 4 is 5.97 Å². The number of esters is 1. The number of unbranched alkanes of at least 4 members (excludes halogenated alkanes) is 1. The molecule has 0 aliphatic rings. The molecule has 0 spiro atoms. The van der Waals surface area contributed by atoms with Gasteiger partial charge in [-0.25, -0.2) is 13.6 Å². The second kappa shape index (κ2) is 5.69. The Balaban J connectivity index is 3.65. The molecule has 0 atom stereocenters. The van der Waals surface area contributed by atoms with Crippen molar-refractivity contribution in [3.05, 3.63) is 12.2 Å². The first kappa shape index (κ1) is 11.1. The van der Waals surface area contributed by atoms with Crippen LogP contribution in [0, 0.1) is 0 Å². The van der Waals surface area contributed by atoms with Gasteiger partial charge in [0, 0.05) is 0 Å². The SMILES string of the molecule is C=C(C(=O)OCCCC)C(F)F. The maximum absolute atomic E-state index is 11.8. The third kappa shape index (κ3) is 4.05. The van der Waals surface area contributed by atoms with Gasteiger partial charge in [-0.2, -0.15) is 0 Å². The van der Waals surface area contributed by atoms with E-state index in [1.807, 2.05) is 6.92 Å². The zero-order valence-corrected chi connectivity index (χ0v) is 6.98. The Hall–Kier alpha value is -0.930. The highest BCUT2D eigenvalue weighted by atomic mass is 19.3. The van der Waals surface area contributed by atoms with E-state index in [1.165, 1.54) is 0 Å². The quantitative estimate of drug-likeness (QED) is 0.366. The van der Waals surface area contributed by atoms with Gasteiger partial charge in [0.25, 0.3) is 6.43 Å². The van der Waals surface area contributed by atoms with E-state index in [-0.39, 0.29) is 6.61 Å². The molecule has 0 N–H and O–H groups in total. The van der Waals surface area contributed by atoms with Gasteiger partial charge >= 0.3 is 5.97 Å². The average Bonchev–Trinajstić information content (AvgIpc) is 2.03. The molecule has 0 rings (SSSR count). The molecule has 0 aromatic carbocycles. The molecule has 12 heavy (non-hydrogen) atoms. The molecule has 2 nitrogen and oxygen atoms in total. The predicted molar refractivity (Wildman–Crippen MR) is 41.0 cm³/mol. The lowest BCUT2D eigenvalue weighted by atomic mass is 10.3. The van der Waals surface area contributed by atoms with Gasteiger partial charge in [0.15, 0.2) is 0 Å². The van der Waals surface area contributed by atoms with Crippen LogP contribution in [0.5, 0.6) is 0 Å². The molecule has 0 amide bonds. The summed E-state index contributed by atoms with van der Waals surface area (Å²) >= 11 is 0. The molecular weight excluding hydrogens is 166 g/mol. The monoisotopic (exact) mass is 178 g/mol. The van der Waals surface area contributed by atoms with E-state index in [4.69, 9.17) is 0 Å². The molecule has 0 aliphatic carbocycles. The molecule has 0 aliphatic heterocycles. The summed E-state index contributed by atoms with van der Waals surface area (Å²) in [5.74, 6) is -1.00. The zero-order valence-electron chi connectivity index (χ0n) is 6.98. The van der Waals surface area contributed by atoms with Crippen molar-refractivity contribution in [1.29, 1.82) is 0 Å². The summed E-state index contributed by atoms with van der Waals surface area (Å²) in [5.41, 5.74) is -0.772. The molecular formula is C8H12F2O2. The molecule has 0 bridgehead atoms. The van der Waals surface area contributed by atoms with Gasteiger partial charge in [0.1, 0.15) is 0 Å². The lowest BCUT2D eigenvalue weighted by molar-refractivity contribution is -0.140. The number of hydrogen-bond acceptors (Lipinski definition) is 2. The summed E-state index contributed by atoms with van der Waals surface area (Å²) in [6.07, 6.45) is -1.28. The van der Waals surface area contributed by atoms with Crippen LogP contribution in [0.4, 0.5) is 8.78 Å². The highest BCUT2D eigenvalue weighted by molar-refractivity contribution is 5.88. The van der Waals surface area contributed by atoms with Crippen LogP contribution in [0.15, 0.2) is 12.2 Å².